The van der Waals surface area contributed by atoms with Gasteiger partial charge in [-0.2, -0.15) is 0 Å². The largest absolute Gasteiger partial charge is 0.671 e. The Hall–Kier alpha value is -3.69. The monoisotopic (exact) mass is 598 g/mol. The van der Waals surface area contributed by atoms with E-state index < -0.39 is 0 Å². The first-order valence-corrected chi connectivity index (χ1v) is 9.78. The zero-order valence-corrected chi connectivity index (χ0v) is 19.0. The van der Waals surface area contributed by atoms with Gasteiger partial charge in [0.2, 0.25) is 0 Å². The van der Waals surface area contributed by atoms with Crippen molar-refractivity contribution in [3.8, 4) is 17.1 Å². The van der Waals surface area contributed by atoms with Crippen LogP contribution in [0.3, 0.4) is 0 Å². The molecule has 0 aliphatic carbocycles. The van der Waals surface area contributed by atoms with E-state index in [9.17, 15) is 9.90 Å². The van der Waals surface area contributed by atoms with E-state index >= 15 is 0 Å². The molecule has 4 aromatic carbocycles. The van der Waals surface area contributed by atoms with Crippen LogP contribution in [0.2, 0.25) is 0 Å². The van der Waals surface area contributed by atoms with Crippen molar-refractivity contribution < 1.29 is 35.5 Å². The molecule has 0 bridgehead atoms. The predicted molar refractivity (Wildman–Crippen MR) is 118 cm³/mol. The Bertz CT molecular complexity index is 1400. The van der Waals surface area contributed by atoms with Gasteiger partial charge in [-0.05, 0) is 18.0 Å². The standard InChI is InChI=1S/C26H18N3O2.Pt/c30-25-17-9-8-16-24(25)29-18-28(22-14-6-7-15-23(22)29)21-13-5-4-12-20(21)27-26(31)19-10-2-1-3-11-19;/h1-10,12-17H,(H2,27,30,31);/q-1;/p-1. The molecule has 0 unspecified atom stereocenters. The van der Waals surface area contributed by atoms with E-state index in [4.69, 9.17) is 0 Å². The van der Waals surface area contributed by atoms with Gasteiger partial charge in [0.05, 0.1) is 16.7 Å². The second kappa shape index (κ2) is 9.21. The maximum Gasteiger partial charge on any atom is 0.269 e. The molecule has 32 heavy (non-hydrogen) atoms. The van der Waals surface area contributed by atoms with Gasteiger partial charge < -0.3 is 15.2 Å². The van der Waals surface area contributed by atoms with Gasteiger partial charge in [0.25, 0.3) is 6.33 Å². The van der Waals surface area contributed by atoms with Crippen LogP contribution in [0.15, 0.2) is 97.1 Å². The molecule has 0 atom stereocenters. The fourth-order valence-corrected chi connectivity index (χ4v) is 3.51. The normalized spacial score (nSPS) is 10.5. The average Bonchev–Trinajstić information content (AvgIpc) is 3.20. The Labute approximate surface area is 199 Å². The van der Waals surface area contributed by atoms with Gasteiger partial charge in [-0.25, -0.2) is 0 Å². The number of hydrogen-bond acceptors (Lipinski definition) is 2. The van der Waals surface area contributed by atoms with Gasteiger partial charge in [0.15, 0.2) is 0 Å². The summed E-state index contributed by atoms with van der Waals surface area (Å²) >= 11 is 0. The maximum atomic E-state index is 12.7. The van der Waals surface area contributed by atoms with Crippen molar-refractivity contribution in [2.24, 2.45) is 0 Å². The minimum absolute atomic E-state index is 0. The Balaban J connectivity index is 0.00000245. The summed E-state index contributed by atoms with van der Waals surface area (Å²) in [6.45, 7) is 0. The summed E-state index contributed by atoms with van der Waals surface area (Å²) in [5.41, 5.74) is 3.97. The quantitative estimate of drug-likeness (QED) is 0.233. The van der Waals surface area contributed by atoms with Crippen LogP contribution >= 0.6 is 0 Å². The van der Waals surface area contributed by atoms with Gasteiger partial charge >= 0.3 is 0 Å². The summed E-state index contributed by atoms with van der Waals surface area (Å²) in [5.74, 6) is -0.211. The third-order valence-electron chi connectivity index (χ3n) is 4.97. The molecule has 0 saturated heterocycles. The average molecular weight is 599 g/mol. The van der Waals surface area contributed by atoms with Crippen molar-refractivity contribution >= 4 is 22.6 Å². The van der Waals surface area contributed by atoms with Crippen LogP contribution in [0.4, 0.5) is 5.69 Å². The third kappa shape index (κ3) is 3.95. The molecule has 0 fully saturated rings. The number of amides is 1. The van der Waals surface area contributed by atoms with E-state index in [0.29, 0.717) is 22.6 Å². The molecule has 5 rings (SSSR count). The molecule has 0 spiro atoms. The number of rotatable bonds is 4. The van der Waals surface area contributed by atoms with Gasteiger partial charge in [-0.1, -0.05) is 60.7 Å². The Morgan fingerprint density at radius 1 is 0.875 bits per heavy atom. The first-order chi connectivity index (χ1) is 15.2. The molecule has 0 radical (unpaired) electrons. The molecule has 0 saturated carbocycles. The first-order valence-electron chi connectivity index (χ1n) is 9.78. The maximum absolute atomic E-state index is 12.7. The minimum Gasteiger partial charge on any atom is -0.671 e. The van der Waals surface area contributed by atoms with E-state index in [2.05, 4.69) is 17.7 Å². The van der Waals surface area contributed by atoms with Crippen molar-refractivity contribution in [3.63, 3.8) is 0 Å². The van der Waals surface area contributed by atoms with Crippen molar-refractivity contribution in [1.29, 1.82) is 0 Å². The number of imidazole rings is 1. The molecule has 5 nitrogen and oxygen atoms in total. The van der Waals surface area contributed by atoms with E-state index in [1.54, 1.807) is 41.0 Å². The fourth-order valence-electron chi connectivity index (χ4n) is 3.51. The Morgan fingerprint density at radius 2 is 1.59 bits per heavy atom. The zero-order chi connectivity index (χ0) is 21.2. The topological polar surface area (TPSA) is 60.2 Å². The van der Waals surface area contributed by atoms with Crippen molar-refractivity contribution in [3.05, 3.63) is 120 Å². The number of hydrogen-bond donors (Lipinski definition) is 1. The molecule has 6 heteroatoms. The number of phenols is 1. The van der Waals surface area contributed by atoms with Crippen molar-refractivity contribution in [1.82, 2.24) is 4.57 Å². The molecular formula is C26H17N3O2Pt-2. The zero-order valence-electron chi connectivity index (χ0n) is 16.8. The number of benzene rings is 4. The Morgan fingerprint density at radius 3 is 2.41 bits per heavy atom. The number of aromatic hydroxyl groups is 1. The fraction of sp³-hybridized carbons (Fsp3) is 0. The van der Waals surface area contributed by atoms with Crippen LogP contribution in [-0.2, 0) is 21.1 Å². The molecule has 160 valence electrons. The number of para-hydroxylation sites is 6. The number of aromatic nitrogens is 2. The summed E-state index contributed by atoms with van der Waals surface area (Å²) in [7, 11) is 0. The van der Waals surface area contributed by atoms with Gasteiger partial charge in [0.1, 0.15) is 11.4 Å². The van der Waals surface area contributed by atoms with E-state index in [1.807, 2.05) is 65.2 Å². The number of fused-ring (bicyclic) bond motifs is 1. The van der Waals surface area contributed by atoms with Crippen LogP contribution in [0.5, 0.6) is 5.75 Å². The second-order valence-electron chi connectivity index (χ2n) is 6.93. The SMILES string of the molecule is O=C([N-]c1ccccc1-n1[c-][n+](-c2ccccc2O)c2ccccc21)c1[c-]cccc1.[Pt]. The van der Waals surface area contributed by atoms with Gasteiger partial charge in [-0.15, -0.1) is 41.6 Å². The summed E-state index contributed by atoms with van der Waals surface area (Å²) in [4.78, 5) is 12.7. The number of phenolic OH excluding ortho intramolecular Hbond substituents is 1. The summed E-state index contributed by atoms with van der Waals surface area (Å²) in [6, 6.07) is 32.2. The third-order valence-corrected chi connectivity index (χ3v) is 4.97. The van der Waals surface area contributed by atoms with Crippen molar-refractivity contribution in [2.45, 2.75) is 0 Å². The first kappa shape index (κ1) is 21.5. The number of carbonyl (C=O) groups is 1. The smallest absolute Gasteiger partial charge is 0.269 e. The summed E-state index contributed by atoms with van der Waals surface area (Å²) in [5, 5.41) is 14.7. The predicted octanol–water partition coefficient (Wildman–Crippen LogP) is 5.06. The van der Waals surface area contributed by atoms with Crippen LogP contribution in [0.25, 0.3) is 27.7 Å². The molecule has 0 aliphatic rings. The number of nitrogens with zero attached hydrogens (tertiary/aromatic N) is 3. The molecule has 0 aliphatic heterocycles. The molecule has 1 amide bonds. The molecule has 5 aromatic rings. The van der Waals surface area contributed by atoms with Crippen LogP contribution in [0, 0.1) is 12.4 Å². The van der Waals surface area contributed by atoms with E-state index in [0.717, 1.165) is 11.0 Å². The summed E-state index contributed by atoms with van der Waals surface area (Å²) in [6.07, 6.45) is 3.31. The Kier molecular flexibility index (Phi) is 6.20. The van der Waals surface area contributed by atoms with E-state index in [1.165, 1.54) is 0 Å². The van der Waals surface area contributed by atoms with Gasteiger partial charge in [-0.3, -0.25) is 9.13 Å². The molecule has 1 heterocycles. The molecule has 1 N–H and O–H groups in total. The second-order valence-corrected chi connectivity index (χ2v) is 6.93. The van der Waals surface area contributed by atoms with Gasteiger partial charge in [0, 0.05) is 21.1 Å². The molecule has 1 aromatic heterocycles. The van der Waals surface area contributed by atoms with Crippen LogP contribution in [-0.4, -0.2) is 15.6 Å². The van der Waals surface area contributed by atoms with Crippen molar-refractivity contribution in [2.75, 3.05) is 0 Å². The summed E-state index contributed by atoms with van der Waals surface area (Å²) < 4.78 is 3.65. The molecular weight excluding hydrogens is 581 g/mol. The number of carbonyl (C=O) groups excluding carboxylic acids is 1. The minimum atomic E-state index is -0.363. The van der Waals surface area contributed by atoms with Crippen LogP contribution < -0.4 is 4.57 Å². The van der Waals surface area contributed by atoms with Crippen LogP contribution in [0.1, 0.15) is 10.4 Å². The van der Waals surface area contributed by atoms with E-state index in [-0.39, 0.29) is 32.7 Å².